The van der Waals surface area contributed by atoms with E-state index in [1.807, 2.05) is 0 Å². The highest BCUT2D eigenvalue weighted by atomic mass is 16.4. The Balaban J connectivity index is 1.80. The number of rotatable bonds is 8. The molecule has 0 aromatic carbocycles. The van der Waals surface area contributed by atoms with Crippen LogP contribution in [0.4, 0.5) is 0 Å². The molecule has 88 valence electrons. The lowest BCUT2D eigenvalue weighted by molar-refractivity contribution is -0.137. The summed E-state index contributed by atoms with van der Waals surface area (Å²) in [4.78, 5) is 12.8. The molecule has 0 atom stereocenters. The highest BCUT2D eigenvalue weighted by Gasteiger charge is 2.23. The first kappa shape index (κ1) is 12.5. The van der Waals surface area contributed by atoms with E-state index < -0.39 is 5.97 Å². The van der Waals surface area contributed by atoms with Crippen LogP contribution in [0.5, 0.6) is 0 Å². The van der Waals surface area contributed by atoms with Gasteiger partial charge >= 0.3 is 5.97 Å². The molecule has 1 saturated heterocycles. The van der Waals surface area contributed by atoms with Crippen molar-refractivity contribution >= 4 is 5.97 Å². The van der Waals surface area contributed by atoms with E-state index in [4.69, 9.17) is 5.11 Å². The maximum atomic E-state index is 10.3. The van der Waals surface area contributed by atoms with Gasteiger partial charge < -0.3 is 10.0 Å². The second-order valence-corrected chi connectivity index (χ2v) is 4.59. The first-order valence-electron chi connectivity index (χ1n) is 6.16. The molecule has 0 aliphatic carbocycles. The van der Waals surface area contributed by atoms with Crippen molar-refractivity contribution in [2.75, 3.05) is 19.6 Å². The van der Waals surface area contributed by atoms with Gasteiger partial charge in [0.15, 0.2) is 0 Å². The van der Waals surface area contributed by atoms with Crippen LogP contribution in [0, 0.1) is 5.92 Å². The number of carboxylic acids is 1. The summed E-state index contributed by atoms with van der Waals surface area (Å²) < 4.78 is 0. The maximum absolute atomic E-state index is 10.3. The third-order valence-corrected chi connectivity index (χ3v) is 3.23. The summed E-state index contributed by atoms with van der Waals surface area (Å²) in [5, 5.41) is 8.45. The Kier molecular flexibility index (Phi) is 5.69. The van der Waals surface area contributed by atoms with E-state index in [0.29, 0.717) is 6.42 Å². The summed E-state index contributed by atoms with van der Waals surface area (Å²) in [6.07, 6.45) is 5.97. The summed E-state index contributed by atoms with van der Waals surface area (Å²) >= 11 is 0. The second kappa shape index (κ2) is 6.83. The van der Waals surface area contributed by atoms with Crippen LogP contribution in [-0.4, -0.2) is 35.6 Å². The van der Waals surface area contributed by atoms with Gasteiger partial charge in [0.05, 0.1) is 0 Å². The molecular weight excluding hydrogens is 190 g/mol. The highest BCUT2D eigenvalue weighted by Crippen LogP contribution is 2.18. The predicted molar refractivity (Wildman–Crippen MR) is 60.9 cm³/mol. The van der Waals surface area contributed by atoms with E-state index in [-0.39, 0.29) is 0 Å². The van der Waals surface area contributed by atoms with E-state index in [2.05, 4.69) is 11.8 Å². The number of hydrogen-bond acceptors (Lipinski definition) is 2. The van der Waals surface area contributed by atoms with E-state index in [9.17, 15) is 4.79 Å². The Morgan fingerprint density at radius 1 is 1.27 bits per heavy atom. The largest absolute Gasteiger partial charge is 0.481 e. The van der Waals surface area contributed by atoms with Crippen molar-refractivity contribution in [1.82, 2.24) is 4.90 Å². The van der Waals surface area contributed by atoms with E-state index in [0.717, 1.165) is 18.8 Å². The summed E-state index contributed by atoms with van der Waals surface area (Å²) in [6, 6.07) is 0. The Morgan fingerprint density at radius 3 is 2.53 bits per heavy atom. The van der Waals surface area contributed by atoms with Gasteiger partial charge in [0.2, 0.25) is 0 Å². The zero-order chi connectivity index (χ0) is 11.1. The Labute approximate surface area is 92.5 Å². The van der Waals surface area contributed by atoms with Crippen LogP contribution >= 0.6 is 0 Å². The summed E-state index contributed by atoms with van der Waals surface area (Å²) in [6.45, 7) is 6.04. The predicted octanol–water partition coefficient (Wildman–Crippen LogP) is 2.36. The first-order valence-corrected chi connectivity index (χ1v) is 6.16. The SMILES string of the molecule is CCC1CN(CCCCCCC(=O)O)C1. The van der Waals surface area contributed by atoms with Gasteiger partial charge in [0, 0.05) is 19.5 Å². The molecule has 1 aliphatic heterocycles. The fourth-order valence-electron chi connectivity index (χ4n) is 2.08. The van der Waals surface area contributed by atoms with Gasteiger partial charge in [0.1, 0.15) is 0 Å². The summed E-state index contributed by atoms with van der Waals surface area (Å²) in [5.74, 6) is 0.278. The molecule has 0 aromatic rings. The van der Waals surface area contributed by atoms with Crippen molar-refractivity contribution in [3.05, 3.63) is 0 Å². The van der Waals surface area contributed by atoms with Crippen LogP contribution in [0.25, 0.3) is 0 Å². The standard InChI is InChI=1S/C12H23NO2/c1-2-11-9-13(10-11)8-6-4-3-5-7-12(14)15/h11H,2-10H2,1H3,(H,14,15). The van der Waals surface area contributed by atoms with Gasteiger partial charge in [-0.25, -0.2) is 0 Å². The normalized spacial score (nSPS) is 17.7. The molecule has 0 radical (unpaired) electrons. The minimum Gasteiger partial charge on any atom is -0.481 e. The zero-order valence-corrected chi connectivity index (χ0v) is 9.74. The van der Waals surface area contributed by atoms with Gasteiger partial charge in [0.25, 0.3) is 0 Å². The number of hydrogen-bond donors (Lipinski definition) is 1. The van der Waals surface area contributed by atoms with Crippen LogP contribution in [0.1, 0.15) is 45.4 Å². The third kappa shape index (κ3) is 5.17. The van der Waals surface area contributed by atoms with Crippen molar-refractivity contribution in [2.24, 2.45) is 5.92 Å². The van der Waals surface area contributed by atoms with Crippen LogP contribution in [0.3, 0.4) is 0 Å². The number of unbranched alkanes of at least 4 members (excludes halogenated alkanes) is 3. The molecule has 0 spiro atoms. The molecule has 15 heavy (non-hydrogen) atoms. The van der Waals surface area contributed by atoms with Crippen molar-refractivity contribution < 1.29 is 9.90 Å². The summed E-state index contributed by atoms with van der Waals surface area (Å²) in [7, 11) is 0. The molecule has 1 aliphatic rings. The lowest BCUT2D eigenvalue weighted by atomic mass is 9.97. The van der Waals surface area contributed by atoms with Gasteiger partial charge in [-0.15, -0.1) is 0 Å². The molecular formula is C12H23NO2. The Bertz CT molecular complexity index is 188. The molecule has 0 saturated carbocycles. The molecule has 0 aromatic heterocycles. The van der Waals surface area contributed by atoms with Crippen molar-refractivity contribution in [1.29, 1.82) is 0 Å². The molecule has 0 bridgehead atoms. The third-order valence-electron chi connectivity index (χ3n) is 3.23. The van der Waals surface area contributed by atoms with E-state index in [1.165, 1.54) is 38.9 Å². The van der Waals surface area contributed by atoms with Crippen LogP contribution in [0.15, 0.2) is 0 Å². The van der Waals surface area contributed by atoms with Gasteiger partial charge in [-0.3, -0.25) is 4.79 Å². The quantitative estimate of drug-likeness (QED) is 0.629. The fraction of sp³-hybridized carbons (Fsp3) is 0.917. The monoisotopic (exact) mass is 213 g/mol. The van der Waals surface area contributed by atoms with Crippen molar-refractivity contribution in [3.8, 4) is 0 Å². The molecule has 1 N–H and O–H groups in total. The number of nitrogens with zero attached hydrogens (tertiary/aromatic N) is 1. The molecule has 3 nitrogen and oxygen atoms in total. The number of likely N-dealkylation sites (tertiary alicyclic amines) is 1. The Morgan fingerprint density at radius 2 is 1.93 bits per heavy atom. The minimum atomic E-state index is -0.663. The molecule has 1 rings (SSSR count). The molecule has 0 amide bonds. The molecule has 3 heteroatoms. The van der Waals surface area contributed by atoms with Crippen molar-refractivity contribution in [2.45, 2.75) is 45.4 Å². The van der Waals surface area contributed by atoms with Gasteiger partial charge in [-0.1, -0.05) is 26.2 Å². The molecule has 1 fully saturated rings. The van der Waals surface area contributed by atoms with Crippen LogP contribution in [-0.2, 0) is 4.79 Å². The van der Waals surface area contributed by atoms with E-state index in [1.54, 1.807) is 0 Å². The average molecular weight is 213 g/mol. The molecule has 1 heterocycles. The second-order valence-electron chi connectivity index (χ2n) is 4.59. The number of aliphatic carboxylic acids is 1. The zero-order valence-electron chi connectivity index (χ0n) is 9.74. The fourth-order valence-corrected chi connectivity index (χ4v) is 2.08. The van der Waals surface area contributed by atoms with Gasteiger partial charge in [-0.2, -0.15) is 0 Å². The van der Waals surface area contributed by atoms with Gasteiger partial charge in [-0.05, 0) is 25.3 Å². The average Bonchev–Trinajstić information content (AvgIpc) is 2.13. The minimum absolute atomic E-state index is 0.335. The first-order chi connectivity index (χ1) is 7.22. The summed E-state index contributed by atoms with van der Waals surface area (Å²) in [5.41, 5.74) is 0. The van der Waals surface area contributed by atoms with E-state index >= 15 is 0 Å². The number of carboxylic acid groups (broad SMARTS) is 1. The lowest BCUT2D eigenvalue weighted by Gasteiger charge is -2.38. The lowest BCUT2D eigenvalue weighted by Crippen LogP contribution is -2.46. The van der Waals surface area contributed by atoms with Crippen LogP contribution in [0.2, 0.25) is 0 Å². The topological polar surface area (TPSA) is 40.5 Å². The molecule has 0 unspecified atom stereocenters. The number of carbonyl (C=O) groups is 1. The Hall–Kier alpha value is -0.570. The maximum Gasteiger partial charge on any atom is 0.303 e. The smallest absolute Gasteiger partial charge is 0.303 e. The van der Waals surface area contributed by atoms with Crippen LogP contribution < -0.4 is 0 Å². The highest BCUT2D eigenvalue weighted by molar-refractivity contribution is 5.66. The van der Waals surface area contributed by atoms with Crippen molar-refractivity contribution in [3.63, 3.8) is 0 Å².